The van der Waals surface area contributed by atoms with Crippen molar-refractivity contribution in [1.82, 2.24) is 0 Å². The normalized spacial score (nSPS) is 10.7. The van der Waals surface area contributed by atoms with E-state index in [1.807, 2.05) is 30.3 Å². The number of nitrogens with zero attached hydrogens (tertiary/aromatic N) is 1. The van der Waals surface area contributed by atoms with Crippen molar-refractivity contribution in [3.63, 3.8) is 0 Å². The second kappa shape index (κ2) is 13.9. The van der Waals surface area contributed by atoms with E-state index in [0.29, 0.717) is 11.4 Å². The van der Waals surface area contributed by atoms with Crippen LogP contribution in [0, 0.1) is 0 Å². The lowest BCUT2D eigenvalue weighted by Crippen LogP contribution is -2.34. The summed E-state index contributed by atoms with van der Waals surface area (Å²) in [6, 6.07) is 21.4. The maximum Gasteiger partial charge on any atom is 0.339 e. The molecular formula is C30H35NO5. The molecule has 1 amide bonds. The van der Waals surface area contributed by atoms with E-state index in [1.54, 1.807) is 12.1 Å². The van der Waals surface area contributed by atoms with Gasteiger partial charge in [-0.15, -0.1) is 0 Å². The highest BCUT2D eigenvalue weighted by molar-refractivity contribution is 5.97. The molecule has 0 bridgehead atoms. The van der Waals surface area contributed by atoms with Crippen molar-refractivity contribution in [2.75, 3.05) is 11.5 Å². The monoisotopic (exact) mass is 489 g/mol. The number of benzene rings is 3. The quantitative estimate of drug-likeness (QED) is 0.249. The maximum absolute atomic E-state index is 13.2. The van der Waals surface area contributed by atoms with E-state index >= 15 is 0 Å². The first-order valence-corrected chi connectivity index (χ1v) is 12.6. The molecule has 0 aromatic heterocycles. The molecule has 3 aromatic carbocycles. The largest absolute Gasteiger partial charge is 0.507 e. The molecule has 3 rings (SSSR count). The average molecular weight is 490 g/mol. The fourth-order valence-electron chi connectivity index (χ4n) is 4.03. The summed E-state index contributed by atoms with van der Waals surface area (Å²) in [5, 5.41) is 19.3. The summed E-state index contributed by atoms with van der Waals surface area (Å²) in [6.45, 7) is 2.26. The van der Waals surface area contributed by atoms with Gasteiger partial charge in [-0.3, -0.25) is 4.79 Å². The highest BCUT2D eigenvalue weighted by atomic mass is 16.5. The number of amides is 1. The van der Waals surface area contributed by atoms with Crippen LogP contribution in [0.25, 0.3) is 0 Å². The number of rotatable bonds is 14. The molecule has 3 aromatic rings. The molecule has 0 aliphatic rings. The van der Waals surface area contributed by atoms with Gasteiger partial charge in [0.25, 0.3) is 5.91 Å². The topological polar surface area (TPSA) is 87.1 Å². The van der Waals surface area contributed by atoms with Gasteiger partial charge in [-0.05, 0) is 54.3 Å². The Morgan fingerprint density at radius 1 is 0.833 bits per heavy atom. The predicted molar refractivity (Wildman–Crippen MR) is 142 cm³/mol. The number of aromatic carboxylic acids is 1. The molecule has 0 saturated heterocycles. The first kappa shape index (κ1) is 26.8. The fourth-order valence-corrected chi connectivity index (χ4v) is 4.03. The van der Waals surface area contributed by atoms with Gasteiger partial charge < -0.3 is 19.8 Å². The number of carboxylic acids is 1. The minimum Gasteiger partial charge on any atom is -0.507 e. The second-order valence-electron chi connectivity index (χ2n) is 8.92. The standard InChI is InChI=1S/C30H35NO5/c1-2-3-4-5-6-8-11-23-14-16-24(17-15-23)21-31(25-18-19-28(32)27(20-25)30(34)35)29(33)22-36-26-12-9-7-10-13-26/h7,9-10,12-20,32H,2-6,8,11,21-22H2,1H3,(H,34,35). The molecule has 0 aliphatic heterocycles. The van der Waals surface area contributed by atoms with E-state index in [9.17, 15) is 19.8 Å². The first-order chi connectivity index (χ1) is 17.5. The zero-order valence-electron chi connectivity index (χ0n) is 20.9. The third kappa shape index (κ3) is 8.15. The number of aromatic hydroxyl groups is 1. The van der Waals surface area contributed by atoms with Crippen LogP contribution < -0.4 is 9.64 Å². The molecule has 0 unspecified atom stereocenters. The summed E-state index contributed by atoms with van der Waals surface area (Å²) >= 11 is 0. The van der Waals surface area contributed by atoms with Crippen LogP contribution in [0.3, 0.4) is 0 Å². The van der Waals surface area contributed by atoms with Crippen LogP contribution in [0.4, 0.5) is 5.69 Å². The number of phenols is 1. The smallest absolute Gasteiger partial charge is 0.339 e. The van der Waals surface area contributed by atoms with Crippen molar-refractivity contribution >= 4 is 17.6 Å². The van der Waals surface area contributed by atoms with Gasteiger partial charge in [-0.25, -0.2) is 4.79 Å². The average Bonchev–Trinajstić information content (AvgIpc) is 2.89. The van der Waals surface area contributed by atoms with Crippen LogP contribution in [0.15, 0.2) is 72.8 Å². The maximum atomic E-state index is 13.2. The van der Waals surface area contributed by atoms with Crippen molar-refractivity contribution in [3.05, 3.63) is 89.5 Å². The molecule has 190 valence electrons. The number of hydrogen-bond acceptors (Lipinski definition) is 4. The predicted octanol–water partition coefficient (Wildman–Crippen LogP) is 6.61. The summed E-state index contributed by atoms with van der Waals surface area (Å²) in [7, 11) is 0. The number of para-hydroxylation sites is 1. The number of ether oxygens (including phenoxy) is 1. The molecule has 0 atom stereocenters. The Morgan fingerprint density at radius 2 is 1.50 bits per heavy atom. The van der Waals surface area contributed by atoms with Gasteiger partial charge in [0.05, 0.1) is 6.54 Å². The minimum atomic E-state index is -1.26. The molecule has 0 radical (unpaired) electrons. The van der Waals surface area contributed by atoms with E-state index in [2.05, 4.69) is 19.1 Å². The number of anilines is 1. The second-order valence-corrected chi connectivity index (χ2v) is 8.92. The van der Waals surface area contributed by atoms with Gasteiger partial charge in [0.15, 0.2) is 6.61 Å². The Hall–Kier alpha value is -3.80. The van der Waals surface area contributed by atoms with E-state index < -0.39 is 5.97 Å². The fraction of sp³-hybridized carbons (Fsp3) is 0.333. The third-order valence-corrected chi connectivity index (χ3v) is 6.11. The van der Waals surface area contributed by atoms with Gasteiger partial charge in [0.1, 0.15) is 17.1 Å². The van der Waals surface area contributed by atoms with E-state index in [0.717, 1.165) is 18.4 Å². The van der Waals surface area contributed by atoms with Crippen LogP contribution >= 0.6 is 0 Å². The molecule has 0 saturated carbocycles. The Morgan fingerprint density at radius 3 is 2.19 bits per heavy atom. The Labute approximate surface area is 213 Å². The number of unbranched alkanes of at least 4 members (excludes halogenated alkanes) is 5. The van der Waals surface area contributed by atoms with Gasteiger partial charge in [0, 0.05) is 5.69 Å². The number of carbonyl (C=O) groups is 2. The molecule has 0 heterocycles. The van der Waals surface area contributed by atoms with Crippen molar-refractivity contribution < 1.29 is 24.5 Å². The van der Waals surface area contributed by atoms with Crippen molar-refractivity contribution in [3.8, 4) is 11.5 Å². The molecular weight excluding hydrogens is 454 g/mol. The van der Waals surface area contributed by atoms with Crippen LogP contribution in [0.5, 0.6) is 11.5 Å². The third-order valence-electron chi connectivity index (χ3n) is 6.11. The van der Waals surface area contributed by atoms with Crippen LogP contribution in [0.2, 0.25) is 0 Å². The Bertz CT molecular complexity index is 1110. The summed E-state index contributed by atoms with van der Waals surface area (Å²) in [5.41, 5.74) is 2.30. The molecule has 0 fully saturated rings. The van der Waals surface area contributed by atoms with Gasteiger partial charge in [0.2, 0.25) is 0 Å². The first-order valence-electron chi connectivity index (χ1n) is 12.6. The highest BCUT2D eigenvalue weighted by Gasteiger charge is 2.20. The van der Waals surface area contributed by atoms with Crippen LogP contribution in [-0.2, 0) is 17.8 Å². The molecule has 0 spiro atoms. The van der Waals surface area contributed by atoms with E-state index in [4.69, 9.17) is 4.74 Å². The zero-order valence-corrected chi connectivity index (χ0v) is 20.9. The van der Waals surface area contributed by atoms with Crippen molar-refractivity contribution in [2.24, 2.45) is 0 Å². The van der Waals surface area contributed by atoms with E-state index in [1.165, 1.54) is 60.8 Å². The lowest BCUT2D eigenvalue weighted by atomic mass is 10.0. The Balaban J connectivity index is 1.71. The lowest BCUT2D eigenvalue weighted by molar-refractivity contribution is -0.120. The van der Waals surface area contributed by atoms with Crippen molar-refractivity contribution in [1.29, 1.82) is 0 Å². The summed E-state index contributed by atoms with van der Waals surface area (Å²) in [5.74, 6) is -1.36. The summed E-state index contributed by atoms with van der Waals surface area (Å²) in [6.07, 6.45) is 8.55. The zero-order chi connectivity index (χ0) is 25.8. The van der Waals surface area contributed by atoms with Gasteiger partial charge >= 0.3 is 5.97 Å². The molecule has 36 heavy (non-hydrogen) atoms. The van der Waals surface area contributed by atoms with Crippen LogP contribution in [-0.4, -0.2) is 28.7 Å². The van der Waals surface area contributed by atoms with Gasteiger partial charge in [-0.2, -0.15) is 0 Å². The Kier molecular flexibility index (Phi) is 10.4. The van der Waals surface area contributed by atoms with E-state index in [-0.39, 0.29) is 30.4 Å². The summed E-state index contributed by atoms with van der Waals surface area (Å²) < 4.78 is 5.65. The minimum absolute atomic E-state index is 0.205. The molecule has 0 aliphatic carbocycles. The van der Waals surface area contributed by atoms with Gasteiger partial charge in [-0.1, -0.05) is 81.5 Å². The van der Waals surface area contributed by atoms with Crippen LogP contribution in [0.1, 0.15) is 66.9 Å². The number of carbonyl (C=O) groups excluding carboxylic acids is 1. The molecule has 6 heteroatoms. The summed E-state index contributed by atoms with van der Waals surface area (Å²) in [4.78, 5) is 26.2. The lowest BCUT2D eigenvalue weighted by Gasteiger charge is -2.24. The van der Waals surface area contributed by atoms with Crippen molar-refractivity contribution in [2.45, 2.75) is 58.4 Å². The SMILES string of the molecule is CCCCCCCCc1ccc(CN(C(=O)COc2ccccc2)c2ccc(O)c(C(=O)O)c2)cc1. The molecule has 2 N–H and O–H groups in total. The number of carboxylic acid groups (broad SMARTS) is 1. The number of hydrogen-bond donors (Lipinski definition) is 2. The molecule has 6 nitrogen and oxygen atoms in total. The highest BCUT2D eigenvalue weighted by Crippen LogP contribution is 2.26. The number of aryl methyl sites for hydroxylation is 1.